The summed E-state index contributed by atoms with van der Waals surface area (Å²) in [5.41, 5.74) is -2.58. The molecule has 4 rings (SSSR count). The smallest absolute Gasteiger partial charge is 0.330 e. The fraction of sp³-hybridized carbons (Fsp3) is 0.419. The summed E-state index contributed by atoms with van der Waals surface area (Å²) in [7, 11) is 3.97. The number of carboxylic acids is 1. The molecular formula is C31H38F2N6O8. The average molecular weight is 661 g/mol. The first kappa shape index (κ1) is 36.2. The van der Waals surface area contributed by atoms with E-state index in [2.05, 4.69) is 20.6 Å². The zero-order chi connectivity index (χ0) is 35.4. The minimum atomic E-state index is -1.33. The van der Waals surface area contributed by atoms with Gasteiger partial charge >= 0.3 is 23.1 Å². The van der Waals surface area contributed by atoms with Crippen molar-refractivity contribution in [1.82, 2.24) is 18.8 Å². The number of methoxy groups -OCH3 is 3. The molecule has 0 aliphatic carbocycles. The Labute approximate surface area is 268 Å². The second-order valence-electron chi connectivity index (χ2n) is 11.3. The highest BCUT2D eigenvalue weighted by atomic mass is 19.1. The summed E-state index contributed by atoms with van der Waals surface area (Å²) >= 11 is 0. The number of nitrogens with zero attached hydrogens (tertiary/aromatic N) is 4. The maximum absolute atomic E-state index is 14.4. The fourth-order valence-electron chi connectivity index (χ4n) is 4.56. The van der Waals surface area contributed by atoms with Crippen molar-refractivity contribution in [1.29, 1.82) is 0 Å². The molecule has 254 valence electrons. The Bertz CT molecular complexity index is 1960. The van der Waals surface area contributed by atoms with Gasteiger partial charge in [0, 0.05) is 24.5 Å². The summed E-state index contributed by atoms with van der Waals surface area (Å²) in [6.07, 6.45) is 3.53. The van der Waals surface area contributed by atoms with E-state index in [0.29, 0.717) is 24.2 Å². The molecule has 0 atom stereocenters. The summed E-state index contributed by atoms with van der Waals surface area (Å²) in [6, 6.07) is 2.29. The van der Waals surface area contributed by atoms with E-state index in [1.54, 1.807) is 27.7 Å². The molecule has 0 aliphatic rings. The summed E-state index contributed by atoms with van der Waals surface area (Å²) < 4.78 is 45.6. The molecule has 16 heteroatoms. The van der Waals surface area contributed by atoms with Crippen LogP contribution in [0.3, 0.4) is 0 Å². The number of carbonyl (C=O) groups excluding carboxylic acids is 1. The number of carboxylic acid groups (broad SMARTS) is 1. The normalized spacial score (nSPS) is 11.5. The van der Waals surface area contributed by atoms with Crippen LogP contribution in [0.5, 0.6) is 11.5 Å². The van der Waals surface area contributed by atoms with Crippen LogP contribution in [0.4, 0.5) is 20.2 Å². The van der Waals surface area contributed by atoms with Gasteiger partial charge in [0.15, 0.2) is 22.9 Å². The van der Waals surface area contributed by atoms with Crippen molar-refractivity contribution in [3.8, 4) is 11.5 Å². The summed E-state index contributed by atoms with van der Waals surface area (Å²) in [6.45, 7) is 9.61. The number of carbonyl (C=O) groups is 2. The van der Waals surface area contributed by atoms with E-state index >= 15 is 0 Å². The highest BCUT2D eigenvalue weighted by Crippen LogP contribution is 2.22. The van der Waals surface area contributed by atoms with Crippen molar-refractivity contribution >= 4 is 34.6 Å². The molecule has 0 saturated carbocycles. The number of halogens is 2. The molecule has 14 nitrogen and oxygen atoms in total. The van der Waals surface area contributed by atoms with Gasteiger partial charge < -0.3 is 30.0 Å². The van der Waals surface area contributed by atoms with E-state index in [1.165, 1.54) is 53.6 Å². The van der Waals surface area contributed by atoms with Crippen LogP contribution in [0.25, 0.3) is 11.3 Å². The predicted molar refractivity (Wildman–Crippen MR) is 170 cm³/mol. The number of hydrogen-bond donors (Lipinski definition) is 3. The minimum Gasteiger partial charge on any atom is -0.490 e. The topological polar surface area (TPSA) is 175 Å². The zero-order valence-electron chi connectivity index (χ0n) is 27.6. The number of nitrogens with one attached hydrogen (secondary N) is 2. The van der Waals surface area contributed by atoms with Gasteiger partial charge in [-0.05, 0) is 40.5 Å². The van der Waals surface area contributed by atoms with Gasteiger partial charge in [0.2, 0.25) is 11.5 Å². The lowest BCUT2D eigenvalue weighted by Crippen LogP contribution is -2.41. The molecule has 0 aliphatic heterocycles. The third-order valence-electron chi connectivity index (χ3n) is 7.04. The number of aryl methyl sites for hydroxylation is 2. The first-order valence-corrected chi connectivity index (χ1v) is 14.4. The quantitative estimate of drug-likeness (QED) is 0.212. The van der Waals surface area contributed by atoms with Crippen molar-refractivity contribution in [2.24, 2.45) is 0 Å². The lowest BCUT2D eigenvalue weighted by atomic mass is 10.1. The number of esters is 1. The zero-order valence-corrected chi connectivity index (χ0v) is 27.6. The third-order valence-corrected chi connectivity index (χ3v) is 7.04. The van der Waals surface area contributed by atoms with Crippen molar-refractivity contribution in [2.75, 3.05) is 32.0 Å². The van der Waals surface area contributed by atoms with Gasteiger partial charge in [-0.1, -0.05) is 13.8 Å². The van der Waals surface area contributed by atoms with E-state index in [9.17, 15) is 28.0 Å². The maximum atomic E-state index is 14.4. The number of pyridine rings is 2. The Hall–Kier alpha value is -5.28. The molecule has 4 aromatic rings. The van der Waals surface area contributed by atoms with Gasteiger partial charge in [0.25, 0.3) is 0 Å². The molecule has 4 heterocycles. The maximum Gasteiger partial charge on any atom is 0.330 e. The highest BCUT2D eigenvalue weighted by molar-refractivity contribution is 5.83. The van der Waals surface area contributed by atoms with Crippen LogP contribution in [0.1, 0.15) is 52.9 Å². The lowest BCUT2D eigenvalue weighted by molar-refractivity contribution is -0.144. The molecular weight excluding hydrogens is 622 g/mol. The van der Waals surface area contributed by atoms with Gasteiger partial charge in [-0.25, -0.2) is 28.3 Å². The Kier molecular flexibility index (Phi) is 10.8. The van der Waals surface area contributed by atoms with Gasteiger partial charge in [-0.3, -0.25) is 18.4 Å². The molecule has 0 saturated heterocycles. The van der Waals surface area contributed by atoms with Gasteiger partial charge in [0.1, 0.15) is 11.1 Å². The van der Waals surface area contributed by atoms with Crippen LogP contribution in [-0.4, -0.2) is 68.2 Å². The molecule has 3 N–H and O–H groups in total. The lowest BCUT2D eigenvalue weighted by Gasteiger charge is -2.24. The van der Waals surface area contributed by atoms with Crippen LogP contribution < -0.4 is 31.2 Å². The molecule has 0 spiro atoms. The van der Waals surface area contributed by atoms with E-state index in [0.717, 1.165) is 14.9 Å². The first-order valence-electron chi connectivity index (χ1n) is 14.4. The Balaban J connectivity index is 0.000000256. The molecule has 47 heavy (non-hydrogen) atoms. The fourth-order valence-corrected chi connectivity index (χ4v) is 4.56. The van der Waals surface area contributed by atoms with E-state index < -0.39 is 45.8 Å². The summed E-state index contributed by atoms with van der Waals surface area (Å²) in [4.78, 5) is 56.1. The molecule has 0 amide bonds. The molecule has 0 unspecified atom stereocenters. The monoisotopic (exact) mass is 660 g/mol. The van der Waals surface area contributed by atoms with Gasteiger partial charge in [0.05, 0.1) is 44.1 Å². The van der Waals surface area contributed by atoms with Gasteiger partial charge in [-0.15, -0.1) is 0 Å². The molecule has 0 fully saturated rings. The Morgan fingerprint density at radius 2 is 1.17 bits per heavy atom. The molecule has 4 aromatic heterocycles. The van der Waals surface area contributed by atoms with Crippen molar-refractivity contribution in [2.45, 2.75) is 65.5 Å². The average Bonchev–Trinajstić information content (AvgIpc) is 3.01. The van der Waals surface area contributed by atoms with Crippen molar-refractivity contribution < 1.29 is 37.7 Å². The number of aliphatic carboxylic acids is 1. The van der Waals surface area contributed by atoms with Gasteiger partial charge in [-0.2, -0.15) is 0 Å². The molecule has 0 aromatic carbocycles. The first-order chi connectivity index (χ1) is 22.0. The second-order valence-corrected chi connectivity index (χ2v) is 11.3. The largest absolute Gasteiger partial charge is 0.490 e. The van der Waals surface area contributed by atoms with Crippen LogP contribution in [0.2, 0.25) is 0 Å². The number of aromatic nitrogens is 4. The Morgan fingerprint density at radius 1 is 0.787 bits per heavy atom. The molecule has 0 radical (unpaired) electrons. The molecule has 0 bridgehead atoms. The highest BCUT2D eigenvalue weighted by Gasteiger charge is 2.29. The third kappa shape index (κ3) is 7.42. The number of rotatable bonds is 10. The van der Waals surface area contributed by atoms with Crippen LogP contribution in [0.15, 0.2) is 34.1 Å². The standard InChI is InChI=1S/C16H20FN3O4.C15H18FN3O4/c1-6-11-12(23-4)14(21)20-8-9(7-10(17)13(20)18-11)19-16(2,3)15(22)24-5;1-5-10-11(23-4)13(20)19-7-8(6-9(16)12(19)17-10)18-15(2,3)14(21)22/h7-8,19H,6H2,1-5H3;6-7,18H,5H2,1-4H3,(H,21,22). The predicted octanol–water partition coefficient (Wildman–Crippen LogP) is 3.45. The number of anilines is 2. The SMILES string of the molecule is CCc1nc2c(F)cc(NC(C)(C)C(=O)O)cn2c(=O)c1OC.CCc1nc2c(F)cc(NC(C)(C)C(=O)OC)cn2c(=O)c1OC. The summed E-state index contributed by atoms with van der Waals surface area (Å²) in [5.74, 6) is -2.94. The Morgan fingerprint density at radius 3 is 1.49 bits per heavy atom. The number of fused-ring (bicyclic) bond motifs is 2. The van der Waals surface area contributed by atoms with E-state index in [-0.39, 0.29) is 34.2 Å². The van der Waals surface area contributed by atoms with Crippen molar-refractivity contribution in [3.63, 3.8) is 0 Å². The minimum absolute atomic E-state index is 0.0408. The number of ether oxygens (including phenoxy) is 3. The summed E-state index contributed by atoms with van der Waals surface area (Å²) in [5, 5.41) is 14.7. The second kappa shape index (κ2) is 14.0. The van der Waals surface area contributed by atoms with Crippen LogP contribution >= 0.6 is 0 Å². The van der Waals surface area contributed by atoms with E-state index in [1.807, 2.05) is 0 Å². The van der Waals surface area contributed by atoms with Crippen LogP contribution in [0, 0.1) is 11.6 Å². The van der Waals surface area contributed by atoms with Crippen molar-refractivity contribution in [3.05, 3.63) is 68.3 Å². The van der Waals surface area contributed by atoms with E-state index in [4.69, 9.17) is 19.3 Å². The van der Waals surface area contributed by atoms with Crippen LogP contribution in [-0.2, 0) is 27.2 Å². The number of hydrogen-bond acceptors (Lipinski definition) is 11.